The summed E-state index contributed by atoms with van der Waals surface area (Å²) in [6, 6.07) is 18.7. The van der Waals surface area contributed by atoms with Crippen LogP contribution in [0.4, 0.5) is 0 Å². The molecule has 0 radical (unpaired) electrons. The van der Waals surface area contributed by atoms with E-state index in [0.717, 1.165) is 29.9 Å². The van der Waals surface area contributed by atoms with E-state index in [1.54, 1.807) is 0 Å². The van der Waals surface area contributed by atoms with Crippen LogP contribution in [-0.4, -0.2) is 28.0 Å². The summed E-state index contributed by atoms with van der Waals surface area (Å²) in [5.41, 5.74) is 2.49. The van der Waals surface area contributed by atoms with Gasteiger partial charge >= 0.3 is 0 Å². The standard InChI is InChI=1S/C17H18BrNOS.C2H6/c18-16-8-6-14(7-9-16)12-19-10-11-21(20)17(13-19)15-4-2-1-3-5-15;1-2/h1-9,17H,10-13H2;1-2H3. The quantitative estimate of drug-likeness (QED) is 0.747. The maximum absolute atomic E-state index is 12.3. The molecule has 1 aliphatic rings. The van der Waals surface area contributed by atoms with Gasteiger partial charge in [0.05, 0.1) is 5.25 Å². The molecule has 1 aliphatic heterocycles. The summed E-state index contributed by atoms with van der Waals surface area (Å²) >= 11 is 3.46. The Hall–Kier alpha value is -0.970. The summed E-state index contributed by atoms with van der Waals surface area (Å²) in [7, 11) is -0.760. The zero-order valence-electron chi connectivity index (χ0n) is 13.7. The van der Waals surface area contributed by atoms with Gasteiger partial charge in [-0.05, 0) is 23.3 Å². The van der Waals surface area contributed by atoms with Gasteiger partial charge in [-0.15, -0.1) is 0 Å². The van der Waals surface area contributed by atoms with Crippen molar-refractivity contribution >= 4 is 26.7 Å². The van der Waals surface area contributed by atoms with Gasteiger partial charge in [-0.2, -0.15) is 0 Å². The van der Waals surface area contributed by atoms with Gasteiger partial charge in [0.1, 0.15) is 0 Å². The van der Waals surface area contributed by atoms with Gasteiger partial charge in [0, 0.05) is 40.7 Å². The van der Waals surface area contributed by atoms with E-state index in [1.807, 2.05) is 32.0 Å². The number of nitrogens with zero attached hydrogens (tertiary/aromatic N) is 1. The highest BCUT2D eigenvalue weighted by Crippen LogP contribution is 2.26. The molecular weight excluding hydrogens is 370 g/mol. The van der Waals surface area contributed by atoms with Crippen LogP contribution in [0.1, 0.15) is 30.2 Å². The number of hydrogen-bond donors (Lipinski definition) is 0. The molecular formula is C19H24BrNOS. The number of benzene rings is 2. The van der Waals surface area contributed by atoms with Crippen LogP contribution >= 0.6 is 15.9 Å². The van der Waals surface area contributed by atoms with Crippen LogP contribution in [0.25, 0.3) is 0 Å². The van der Waals surface area contributed by atoms with Crippen molar-refractivity contribution in [2.75, 3.05) is 18.8 Å². The SMILES string of the molecule is CC.O=S1CCN(Cc2ccc(Br)cc2)CC1c1ccccc1. The van der Waals surface area contributed by atoms with Crippen molar-refractivity contribution in [2.45, 2.75) is 25.6 Å². The Bertz CT molecular complexity index is 615. The minimum Gasteiger partial charge on any atom is -0.297 e. The molecule has 2 aromatic carbocycles. The van der Waals surface area contributed by atoms with E-state index in [0.29, 0.717) is 0 Å². The average molecular weight is 394 g/mol. The minimum atomic E-state index is -0.760. The Labute approximate surface area is 150 Å². The zero-order chi connectivity index (χ0) is 16.7. The molecule has 0 bridgehead atoms. The molecule has 124 valence electrons. The lowest BCUT2D eigenvalue weighted by molar-refractivity contribution is 0.271. The van der Waals surface area contributed by atoms with E-state index in [9.17, 15) is 4.21 Å². The summed E-state index contributed by atoms with van der Waals surface area (Å²) in [5.74, 6) is 0.760. The largest absolute Gasteiger partial charge is 0.297 e. The van der Waals surface area contributed by atoms with Crippen molar-refractivity contribution < 1.29 is 4.21 Å². The third-order valence-corrected chi connectivity index (χ3v) is 6.01. The first kappa shape index (κ1) is 18.4. The molecule has 23 heavy (non-hydrogen) atoms. The smallest absolute Gasteiger partial charge is 0.0724 e. The normalized spacial score (nSPS) is 21.3. The number of hydrogen-bond acceptors (Lipinski definition) is 2. The first-order valence-corrected chi connectivity index (χ1v) is 10.3. The molecule has 1 saturated heterocycles. The van der Waals surface area contributed by atoms with E-state index < -0.39 is 10.8 Å². The molecule has 2 aromatic rings. The van der Waals surface area contributed by atoms with E-state index >= 15 is 0 Å². The van der Waals surface area contributed by atoms with Gasteiger partial charge in [0.15, 0.2) is 0 Å². The lowest BCUT2D eigenvalue weighted by Gasteiger charge is -2.32. The van der Waals surface area contributed by atoms with Crippen LogP contribution < -0.4 is 0 Å². The fourth-order valence-electron chi connectivity index (χ4n) is 2.69. The fourth-order valence-corrected chi connectivity index (χ4v) is 4.51. The molecule has 0 N–H and O–H groups in total. The molecule has 0 aliphatic carbocycles. The van der Waals surface area contributed by atoms with Gasteiger partial charge in [-0.25, -0.2) is 0 Å². The van der Waals surface area contributed by atoms with E-state index in [-0.39, 0.29) is 5.25 Å². The van der Waals surface area contributed by atoms with Crippen LogP contribution in [-0.2, 0) is 17.3 Å². The maximum Gasteiger partial charge on any atom is 0.0724 e. The molecule has 1 fully saturated rings. The van der Waals surface area contributed by atoms with E-state index in [4.69, 9.17) is 0 Å². The Kier molecular flexibility index (Phi) is 7.47. The fraction of sp³-hybridized carbons (Fsp3) is 0.368. The molecule has 2 nitrogen and oxygen atoms in total. The zero-order valence-corrected chi connectivity index (χ0v) is 16.1. The van der Waals surface area contributed by atoms with Gasteiger partial charge in [0.25, 0.3) is 0 Å². The average Bonchev–Trinajstić information content (AvgIpc) is 2.61. The predicted octanol–water partition coefficient (Wildman–Crippen LogP) is 4.78. The molecule has 0 saturated carbocycles. The molecule has 1 heterocycles. The van der Waals surface area contributed by atoms with Crippen molar-refractivity contribution in [3.63, 3.8) is 0 Å². The molecule has 0 aromatic heterocycles. The van der Waals surface area contributed by atoms with Crippen molar-refractivity contribution in [3.05, 3.63) is 70.2 Å². The summed E-state index contributed by atoms with van der Waals surface area (Å²) in [4.78, 5) is 2.41. The molecule has 2 atom stereocenters. The van der Waals surface area contributed by atoms with Gasteiger partial charge in [-0.3, -0.25) is 9.11 Å². The number of halogens is 1. The Morgan fingerprint density at radius 3 is 2.39 bits per heavy atom. The Balaban J connectivity index is 0.000000924. The highest BCUT2D eigenvalue weighted by molar-refractivity contribution is 9.10. The second-order valence-corrected chi connectivity index (χ2v) is 8.00. The number of rotatable bonds is 3. The second kappa shape index (κ2) is 9.36. The highest BCUT2D eigenvalue weighted by Gasteiger charge is 2.27. The highest BCUT2D eigenvalue weighted by atomic mass is 79.9. The molecule has 0 spiro atoms. The van der Waals surface area contributed by atoms with Crippen LogP contribution in [0.15, 0.2) is 59.1 Å². The molecule has 3 rings (SSSR count). The summed E-state index contributed by atoms with van der Waals surface area (Å²) in [6.45, 7) is 6.70. The molecule has 4 heteroatoms. The lowest BCUT2D eigenvalue weighted by atomic mass is 10.1. The maximum atomic E-state index is 12.3. The van der Waals surface area contributed by atoms with E-state index in [1.165, 1.54) is 11.1 Å². The summed E-state index contributed by atoms with van der Waals surface area (Å²) < 4.78 is 13.4. The van der Waals surface area contributed by atoms with Crippen LogP contribution in [0, 0.1) is 0 Å². The van der Waals surface area contributed by atoms with Crippen LogP contribution in [0.3, 0.4) is 0 Å². The Morgan fingerprint density at radius 2 is 1.74 bits per heavy atom. The third-order valence-electron chi connectivity index (χ3n) is 3.84. The summed E-state index contributed by atoms with van der Waals surface area (Å²) in [6.07, 6.45) is 0. The summed E-state index contributed by atoms with van der Waals surface area (Å²) in [5, 5.41) is 0.135. The third kappa shape index (κ3) is 5.27. The van der Waals surface area contributed by atoms with Gasteiger partial charge in [0.2, 0.25) is 0 Å². The first-order valence-electron chi connectivity index (χ1n) is 8.11. The minimum absolute atomic E-state index is 0.135. The van der Waals surface area contributed by atoms with Crippen molar-refractivity contribution in [1.29, 1.82) is 0 Å². The van der Waals surface area contributed by atoms with Crippen LogP contribution in [0.5, 0.6) is 0 Å². The lowest BCUT2D eigenvalue weighted by Crippen LogP contribution is -2.39. The Morgan fingerprint density at radius 1 is 1.09 bits per heavy atom. The molecule has 0 amide bonds. The predicted molar refractivity (Wildman–Crippen MR) is 103 cm³/mol. The van der Waals surface area contributed by atoms with Crippen molar-refractivity contribution in [3.8, 4) is 0 Å². The first-order chi connectivity index (χ1) is 11.2. The van der Waals surface area contributed by atoms with Crippen molar-refractivity contribution in [1.82, 2.24) is 4.90 Å². The molecule has 2 unspecified atom stereocenters. The van der Waals surface area contributed by atoms with Crippen molar-refractivity contribution in [2.24, 2.45) is 0 Å². The van der Waals surface area contributed by atoms with Gasteiger partial charge < -0.3 is 0 Å². The van der Waals surface area contributed by atoms with Crippen LogP contribution in [0.2, 0.25) is 0 Å². The monoisotopic (exact) mass is 393 g/mol. The second-order valence-electron chi connectivity index (χ2n) is 5.35. The van der Waals surface area contributed by atoms with E-state index in [2.05, 4.69) is 57.2 Å². The topological polar surface area (TPSA) is 20.3 Å². The van der Waals surface area contributed by atoms with Gasteiger partial charge in [-0.1, -0.05) is 72.2 Å².